The minimum Gasteiger partial charge on any atom is -0.356 e. The largest absolute Gasteiger partial charge is 0.356 e. The van der Waals surface area contributed by atoms with Crippen molar-refractivity contribution >= 4 is 0 Å². The molecule has 4 nitrogen and oxygen atoms in total. The molecule has 0 aliphatic carbocycles. The summed E-state index contributed by atoms with van der Waals surface area (Å²) in [7, 11) is 0. The SMILES string of the molecule is OC(OCc1ccccc1)N1CCC2CCCN(CCc3ccccc3)CC21. The van der Waals surface area contributed by atoms with Crippen molar-refractivity contribution in [1.29, 1.82) is 0 Å². The van der Waals surface area contributed by atoms with Gasteiger partial charge in [0.15, 0.2) is 0 Å². The molecule has 2 heterocycles. The van der Waals surface area contributed by atoms with Crippen LogP contribution < -0.4 is 0 Å². The van der Waals surface area contributed by atoms with E-state index in [1.165, 1.54) is 24.8 Å². The van der Waals surface area contributed by atoms with E-state index in [0.29, 0.717) is 18.6 Å². The summed E-state index contributed by atoms with van der Waals surface area (Å²) < 4.78 is 5.83. The average molecular weight is 381 g/mol. The van der Waals surface area contributed by atoms with E-state index in [1.807, 2.05) is 30.3 Å². The Morgan fingerprint density at radius 2 is 1.64 bits per heavy atom. The van der Waals surface area contributed by atoms with Crippen LogP contribution in [0.15, 0.2) is 60.7 Å². The third-order valence-electron chi connectivity index (χ3n) is 6.31. The lowest BCUT2D eigenvalue weighted by atomic mass is 9.96. The molecule has 2 aliphatic rings. The number of nitrogens with zero attached hydrogens (tertiary/aromatic N) is 2. The predicted molar refractivity (Wildman–Crippen MR) is 112 cm³/mol. The van der Waals surface area contributed by atoms with Crippen molar-refractivity contribution in [2.45, 2.75) is 44.7 Å². The van der Waals surface area contributed by atoms with Gasteiger partial charge in [-0.05, 0) is 49.3 Å². The van der Waals surface area contributed by atoms with Crippen LogP contribution in [0.4, 0.5) is 0 Å². The van der Waals surface area contributed by atoms with Crippen LogP contribution in [0.3, 0.4) is 0 Å². The molecule has 1 N–H and O–H groups in total. The molecule has 3 unspecified atom stereocenters. The number of aliphatic hydroxyl groups is 1. The van der Waals surface area contributed by atoms with Gasteiger partial charge in [0.05, 0.1) is 6.61 Å². The smallest absolute Gasteiger partial charge is 0.216 e. The summed E-state index contributed by atoms with van der Waals surface area (Å²) in [5.41, 5.74) is 2.50. The number of fused-ring (bicyclic) bond motifs is 1. The quantitative estimate of drug-likeness (QED) is 0.746. The molecule has 0 bridgehead atoms. The van der Waals surface area contributed by atoms with Gasteiger partial charge in [-0.3, -0.25) is 4.90 Å². The first-order valence-electron chi connectivity index (χ1n) is 10.7. The van der Waals surface area contributed by atoms with Crippen LogP contribution in [0.2, 0.25) is 0 Å². The Labute approximate surface area is 168 Å². The highest BCUT2D eigenvalue weighted by molar-refractivity contribution is 5.15. The van der Waals surface area contributed by atoms with Crippen molar-refractivity contribution in [3.63, 3.8) is 0 Å². The molecule has 2 fully saturated rings. The Bertz CT molecular complexity index is 709. The Morgan fingerprint density at radius 1 is 0.929 bits per heavy atom. The average Bonchev–Trinajstić information content (AvgIpc) is 3.03. The van der Waals surface area contributed by atoms with Gasteiger partial charge in [0.2, 0.25) is 6.41 Å². The van der Waals surface area contributed by atoms with E-state index in [-0.39, 0.29) is 0 Å². The number of rotatable bonds is 7. The van der Waals surface area contributed by atoms with Gasteiger partial charge in [0, 0.05) is 25.7 Å². The van der Waals surface area contributed by atoms with Crippen LogP contribution in [-0.2, 0) is 17.8 Å². The molecule has 28 heavy (non-hydrogen) atoms. The third kappa shape index (κ3) is 5.00. The monoisotopic (exact) mass is 380 g/mol. The standard InChI is InChI=1S/C24H32N2O2/c27-24(28-19-21-10-5-2-6-11-21)26-17-14-22-12-7-15-25(18-23(22)26)16-13-20-8-3-1-4-9-20/h1-6,8-11,22-24,27H,7,12-19H2. The van der Waals surface area contributed by atoms with Gasteiger partial charge in [-0.25, -0.2) is 0 Å². The molecule has 150 valence electrons. The first-order valence-corrected chi connectivity index (χ1v) is 10.7. The fourth-order valence-corrected chi connectivity index (χ4v) is 4.72. The highest BCUT2D eigenvalue weighted by Crippen LogP contribution is 2.32. The maximum absolute atomic E-state index is 10.7. The molecule has 0 radical (unpaired) electrons. The van der Waals surface area contributed by atoms with Gasteiger partial charge in [-0.15, -0.1) is 0 Å². The molecule has 2 aromatic carbocycles. The minimum atomic E-state index is -0.815. The zero-order valence-corrected chi connectivity index (χ0v) is 16.6. The lowest BCUT2D eigenvalue weighted by Crippen LogP contribution is -2.47. The number of hydrogen-bond donors (Lipinski definition) is 1. The lowest BCUT2D eigenvalue weighted by molar-refractivity contribution is -0.206. The number of aliphatic hydroxyl groups excluding tert-OH is 1. The van der Waals surface area contributed by atoms with Crippen LogP contribution in [0.25, 0.3) is 0 Å². The summed E-state index contributed by atoms with van der Waals surface area (Å²) in [6.07, 6.45) is 3.96. The number of hydrogen-bond acceptors (Lipinski definition) is 4. The molecular weight excluding hydrogens is 348 g/mol. The van der Waals surface area contributed by atoms with Crippen LogP contribution in [0, 0.1) is 5.92 Å². The normalized spacial score (nSPS) is 24.6. The second-order valence-corrected chi connectivity index (χ2v) is 8.16. The fourth-order valence-electron chi connectivity index (χ4n) is 4.72. The summed E-state index contributed by atoms with van der Waals surface area (Å²) in [6, 6.07) is 21.2. The maximum atomic E-state index is 10.7. The van der Waals surface area contributed by atoms with Gasteiger partial charge < -0.3 is 14.7 Å². The van der Waals surface area contributed by atoms with E-state index < -0.39 is 6.41 Å². The topological polar surface area (TPSA) is 35.9 Å². The van der Waals surface area contributed by atoms with Crippen molar-refractivity contribution in [2.24, 2.45) is 5.92 Å². The Morgan fingerprint density at radius 3 is 2.39 bits per heavy atom. The zero-order valence-electron chi connectivity index (χ0n) is 16.6. The van der Waals surface area contributed by atoms with Gasteiger partial charge in [0.25, 0.3) is 0 Å². The number of ether oxygens (including phenoxy) is 1. The van der Waals surface area contributed by atoms with Crippen LogP contribution >= 0.6 is 0 Å². The highest BCUT2D eigenvalue weighted by Gasteiger charge is 2.39. The molecule has 0 amide bonds. The molecule has 0 aromatic heterocycles. The van der Waals surface area contributed by atoms with Gasteiger partial charge in [0.1, 0.15) is 0 Å². The van der Waals surface area contributed by atoms with Gasteiger partial charge in [-0.2, -0.15) is 0 Å². The highest BCUT2D eigenvalue weighted by atomic mass is 16.6. The lowest BCUT2D eigenvalue weighted by Gasteiger charge is -2.33. The molecule has 0 saturated carbocycles. The molecule has 4 rings (SSSR count). The van der Waals surface area contributed by atoms with Gasteiger partial charge >= 0.3 is 0 Å². The molecule has 4 heteroatoms. The Kier molecular flexibility index (Phi) is 6.76. The second-order valence-electron chi connectivity index (χ2n) is 8.16. The predicted octanol–water partition coefficient (Wildman–Crippen LogP) is 3.51. The van der Waals surface area contributed by atoms with E-state index in [9.17, 15) is 5.11 Å². The zero-order chi connectivity index (χ0) is 19.2. The summed E-state index contributed by atoms with van der Waals surface area (Å²) in [5.74, 6) is 0.678. The second kappa shape index (κ2) is 9.66. The molecule has 3 atom stereocenters. The van der Waals surface area contributed by atoms with E-state index in [0.717, 1.165) is 38.2 Å². The van der Waals surface area contributed by atoms with Crippen molar-refractivity contribution in [1.82, 2.24) is 9.80 Å². The Balaban J connectivity index is 1.33. The minimum absolute atomic E-state index is 0.393. The van der Waals surface area contributed by atoms with Crippen LogP contribution in [-0.4, -0.2) is 53.5 Å². The van der Waals surface area contributed by atoms with E-state index >= 15 is 0 Å². The van der Waals surface area contributed by atoms with Crippen LogP contribution in [0.1, 0.15) is 30.4 Å². The molecule has 0 spiro atoms. The molecule has 2 aliphatic heterocycles. The van der Waals surface area contributed by atoms with E-state index in [1.54, 1.807) is 0 Å². The van der Waals surface area contributed by atoms with Crippen molar-refractivity contribution in [3.05, 3.63) is 71.8 Å². The first kappa shape index (κ1) is 19.6. The number of likely N-dealkylation sites (tertiary alicyclic amines) is 2. The molecule has 2 aromatic rings. The summed E-state index contributed by atoms with van der Waals surface area (Å²) in [4.78, 5) is 4.77. The fraction of sp³-hybridized carbons (Fsp3) is 0.500. The van der Waals surface area contributed by atoms with E-state index in [2.05, 4.69) is 40.1 Å². The summed E-state index contributed by atoms with van der Waals surface area (Å²) >= 11 is 0. The third-order valence-corrected chi connectivity index (χ3v) is 6.31. The first-order chi connectivity index (χ1) is 13.8. The summed E-state index contributed by atoms with van der Waals surface area (Å²) in [6.45, 7) is 4.66. The molecule has 2 saturated heterocycles. The number of benzene rings is 2. The maximum Gasteiger partial charge on any atom is 0.216 e. The Hall–Kier alpha value is -1.72. The van der Waals surface area contributed by atoms with Crippen molar-refractivity contribution < 1.29 is 9.84 Å². The van der Waals surface area contributed by atoms with E-state index in [4.69, 9.17) is 4.74 Å². The van der Waals surface area contributed by atoms with Gasteiger partial charge in [-0.1, -0.05) is 60.7 Å². The van der Waals surface area contributed by atoms with Crippen molar-refractivity contribution in [3.8, 4) is 0 Å². The summed E-state index contributed by atoms with van der Waals surface area (Å²) in [5, 5.41) is 10.7. The van der Waals surface area contributed by atoms with Crippen LogP contribution in [0.5, 0.6) is 0 Å². The molecular formula is C24H32N2O2. The van der Waals surface area contributed by atoms with Crippen molar-refractivity contribution in [2.75, 3.05) is 26.2 Å².